The van der Waals surface area contributed by atoms with Crippen LogP contribution in [0, 0.1) is 19.7 Å². The molecule has 0 N–H and O–H groups in total. The zero-order chi connectivity index (χ0) is 30.7. The van der Waals surface area contributed by atoms with Gasteiger partial charge in [0.1, 0.15) is 29.4 Å². The first kappa shape index (κ1) is 30.8. The molecular weight excluding hydrogens is 536 g/mol. The van der Waals surface area contributed by atoms with Gasteiger partial charge in [-0.2, -0.15) is 0 Å². The van der Waals surface area contributed by atoms with Crippen LogP contribution >= 0.6 is 0 Å². The molecule has 6 nitrogen and oxygen atoms in total. The fourth-order valence-corrected chi connectivity index (χ4v) is 4.93. The summed E-state index contributed by atoms with van der Waals surface area (Å²) in [6.07, 6.45) is 7.71. The van der Waals surface area contributed by atoms with Crippen LogP contribution in [0.25, 0.3) is 11.1 Å². The zero-order valence-corrected chi connectivity index (χ0v) is 25.0. The summed E-state index contributed by atoms with van der Waals surface area (Å²) in [5, 5.41) is 0. The largest absolute Gasteiger partial charge is 0.468 e. The van der Waals surface area contributed by atoms with Crippen molar-refractivity contribution in [3.63, 3.8) is 0 Å². The number of amides is 1. The van der Waals surface area contributed by atoms with E-state index in [1.165, 1.54) is 24.2 Å². The SMILES string of the molecule is CC(C)(F)C1(c2cc(CC(=O)Cc3ccc(-c4cncnc4)cc3F)co2)CC1.Cc1ccc(C(=O)N(C)C)cc1C.[HH]. The summed E-state index contributed by atoms with van der Waals surface area (Å²) >= 11 is 0. The Bertz CT molecular complexity index is 1580. The molecule has 5 rings (SSSR count). The molecule has 1 aliphatic rings. The molecule has 1 aliphatic carbocycles. The molecule has 42 heavy (non-hydrogen) atoms. The number of aryl methyl sites for hydroxylation is 2. The molecule has 0 bridgehead atoms. The van der Waals surface area contributed by atoms with Crippen LogP contribution in [0.1, 0.15) is 66.5 Å². The average Bonchev–Trinajstić information content (AvgIpc) is 3.65. The third kappa shape index (κ3) is 6.98. The third-order valence-corrected chi connectivity index (χ3v) is 7.91. The molecular formula is C34H39F2N3O3. The van der Waals surface area contributed by atoms with Crippen LogP contribution in [0.3, 0.4) is 0 Å². The number of carbonyl (C=O) groups is 2. The summed E-state index contributed by atoms with van der Waals surface area (Å²) in [4.78, 5) is 33.4. The molecule has 0 saturated heterocycles. The van der Waals surface area contributed by atoms with Crippen molar-refractivity contribution in [3.8, 4) is 11.1 Å². The summed E-state index contributed by atoms with van der Waals surface area (Å²) in [6.45, 7) is 7.17. The first-order valence-corrected chi connectivity index (χ1v) is 13.9. The molecule has 0 unspecified atom stereocenters. The van der Waals surface area contributed by atoms with Crippen LogP contribution in [0.4, 0.5) is 8.78 Å². The zero-order valence-electron chi connectivity index (χ0n) is 25.0. The van der Waals surface area contributed by atoms with Crippen molar-refractivity contribution in [1.29, 1.82) is 0 Å². The first-order chi connectivity index (χ1) is 19.8. The average molecular weight is 576 g/mol. The molecule has 2 heterocycles. The Kier molecular flexibility index (Phi) is 9.04. The van der Waals surface area contributed by atoms with Crippen molar-refractivity contribution >= 4 is 11.7 Å². The lowest BCUT2D eigenvalue weighted by atomic mass is 9.86. The Morgan fingerprint density at radius 3 is 2.24 bits per heavy atom. The lowest BCUT2D eigenvalue weighted by Gasteiger charge is -2.24. The maximum atomic E-state index is 14.5. The molecule has 2 aromatic heterocycles. The minimum atomic E-state index is -1.37. The normalized spacial score (nSPS) is 13.6. The highest BCUT2D eigenvalue weighted by Crippen LogP contribution is 2.57. The van der Waals surface area contributed by atoms with Crippen molar-refractivity contribution in [1.82, 2.24) is 14.9 Å². The van der Waals surface area contributed by atoms with E-state index in [0.29, 0.717) is 28.0 Å². The molecule has 222 valence electrons. The van der Waals surface area contributed by atoms with E-state index in [9.17, 15) is 18.4 Å². The number of Topliss-reactive ketones (excluding diaryl/α,β-unsaturated/α-hetero) is 1. The number of aromatic nitrogens is 2. The number of nitrogens with zero attached hydrogens (tertiary/aromatic N) is 3. The maximum Gasteiger partial charge on any atom is 0.253 e. The lowest BCUT2D eigenvalue weighted by molar-refractivity contribution is -0.117. The van der Waals surface area contributed by atoms with E-state index in [-0.39, 0.29) is 26.0 Å². The minimum absolute atomic E-state index is 0. The first-order valence-electron chi connectivity index (χ1n) is 13.9. The van der Waals surface area contributed by atoms with Gasteiger partial charge in [0.15, 0.2) is 0 Å². The van der Waals surface area contributed by atoms with Crippen molar-refractivity contribution in [2.45, 2.75) is 64.5 Å². The van der Waals surface area contributed by atoms with Crippen LogP contribution in [0.5, 0.6) is 0 Å². The van der Waals surface area contributed by atoms with Gasteiger partial charge in [-0.05, 0) is 92.6 Å². The second kappa shape index (κ2) is 12.3. The Hall–Kier alpha value is -4.20. The molecule has 0 radical (unpaired) electrons. The summed E-state index contributed by atoms with van der Waals surface area (Å²) in [5.74, 6) is 0.0802. The topological polar surface area (TPSA) is 76.3 Å². The number of halogens is 2. The number of furan rings is 1. The van der Waals surface area contributed by atoms with E-state index >= 15 is 0 Å². The van der Waals surface area contributed by atoms with E-state index in [1.807, 2.05) is 32.0 Å². The third-order valence-electron chi connectivity index (χ3n) is 7.91. The molecule has 1 fully saturated rings. The fraction of sp³-hybridized carbons (Fsp3) is 0.353. The van der Waals surface area contributed by atoms with Gasteiger partial charge in [0.05, 0.1) is 11.7 Å². The number of hydrogen-bond acceptors (Lipinski definition) is 5. The van der Waals surface area contributed by atoms with Gasteiger partial charge < -0.3 is 9.32 Å². The Morgan fingerprint density at radius 2 is 1.67 bits per heavy atom. The van der Waals surface area contributed by atoms with Crippen LogP contribution < -0.4 is 0 Å². The maximum absolute atomic E-state index is 14.5. The molecule has 4 aromatic rings. The van der Waals surface area contributed by atoms with Gasteiger partial charge >= 0.3 is 0 Å². The van der Waals surface area contributed by atoms with Crippen LogP contribution in [0.2, 0.25) is 0 Å². The van der Waals surface area contributed by atoms with Gasteiger partial charge in [0, 0.05) is 51.9 Å². The van der Waals surface area contributed by atoms with Crippen LogP contribution in [-0.2, 0) is 23.1 Å². The van der Waals surface area contributed by atoms with E-state index in [0.717, 1.165) is 24.0 Å². The number of alkyl halides is 1. The van der Waals surface area contributed by atoms with E-state index in [2.05, 4.69) is 9.97 Å². The van der Waals surface area contributed by atoms with Gasteiger partial charge in [-0.3, -0.25) is 9.59 Å². The van der Waals surface area contributed by atoms with Crippen LogP contribution in [-0.4, -0.2) is 46.3 Å². The number of hydrogen-bond donors (Lipinski definition) is 0. The molecule has 0 atom stereocenters. The van der Waals surface area contributed by atoms with Crippen molar-refractivity contribution in [2.24, 2.45) is 0 Å². The Labute approximate surface area is 247 Å². The summed E-state index contributed by atoms with van der Waals surface area (Å²) in [6, 6.07) is 12.3. The predicted molar refractivity (Wildman–Crippen MR) is 161 cm³/mol. The van der Waals surface area contributed by atoms with Gasteiger partial charge in [-0.15, -0.1) is 0 Å². The standard InChI is InChI=1S/C23H22F2N2O2.C11H15NO.H2/c1-22(2,25)23(5-6-23)21-8-15(13-29-21)7-19(28)9-17-4-3-16(10-20(17)24)18-11-26-14-27-12-18;1-8-5-6-10(7-9(8)2)11(13)12(3)4;/h3-4,8,10-14H,5-7,9H2,1-2H3;5-7H,1-4H3;1H. The van der Waals surface area contributed by atoms with E-state index in [1.54, 1.807) is 63.4 Å². The van der Waals surface area contributed by atoms with E-state index in [4.69, 9.17) is 4.42 Å². The Balaban J connectivity index is 0.000000306. The molecule has 8 heteroatoms. The highest BCUT2D eigenvalue weighted by Gasteiger charge is 2.58. The lowest BCUT2D eigenvalue weighted by Crippen LogP contribution is -2.31. The highest BCUT2D eigenvalue weighted by molar-refractivity contribution is 5.94. The molecule has 1 amide bonds. The Morgan fingerprint density at radius 1 is 0.976 bits per heavy atom. The number of ketones is 1. The van der Waals surface area contributed by atoms with Gasteiger partial charge in [-0.1, -0.05) is 18.2 Å². The summed E-state index contributed by atoms with van der Waals surface area (Å²) < 4.78 is 34.6. The van der Waals surface area contributed by atoms with Crippen molar-refractivity contribution < 1.29 is 24.2 Å². The van der Waals surface area contributed by atoms with Crippen molar-refractivity contribution in [2.75, 3.05) is 14.1 Å². The van der Waals surface area contributed by atoms with Crippen molar-refractivity contribution in [3.05, 3.63) is 107 Å². The molecule has 0 spiro atoms. The number of carbonyl (C=O) groups excluding carboxylic acids is 2. The molecule has 1 saturated carbocycles. The van der Waals surface area contributed by atoms with Gasteiger partial charge in [0.2, 0.25) is 0 Å². The highest BCUT2D eigenvalue weighted by atomic mass is 19.1. The smallest absolute Gasteiger partial charge is 0.253 e. The fourth-order valence-electron chi connectivity index (χ4n) is 4.93. The monoisotopic (exact) mass is 575 g/mol. The minimum Gasteiger partial charge on any atom is -0.468 e. The molecule has 2 aromatic carbocycles. The van der Waals surface area contributed by atoms with E-state index < -0.39 is 16.9 Å². The van der Waals surface area contributed by atoms with Crippen LogP contribution in [0.15, 0.2) is 71.9 Å². The quantitative estimate of drug-likeness (QED) is 0.221. The number of rotatable bonds is 8. The predicted octanol–water partition coefficient (Wildman–Crippen LogP) is 7.26. The second-order valence-corrected chi connectivity index (χ2v) is 11.7. The summed E-state index contributed by atoms with van der Waals surface area (Å²) in [5.41, 5.74) is 3.57. The van der Waals surface area contributed by atoms with Gasteiger partial charge in [0.25, 0.3) is 5.91 Å². The number of benzene rings is 2. The second-order valence-electron chi connectivity index (χ2n) is 11.7. The summed E-state index contributed by atoms with van der Waals surface area (Å²) in [7, 11) is 3.52. The van der Waals surface area contributed by atoms with Gasteiger partial charge in [-0.25, -0.2) is 18.7 Å². The molecule has 0 aliphatic heterocycles.